The Morgan fingerprint density at radius 2 is 2.00 bits per heavy atom. The molecule has 2 nitrogen and oxygen atoms in total. The second-order valence-corrected chi connectivity index (χ2v) is 4.16. The van der Waals surface area contributed by atoms with Crippen molar-refractivity contribution in [2.75, 3.05) is 6.54 Å². The van der Waals surface area contributed by atoms with E-state index in [9.17, 15) is 13.2 Å². The van der Waals surface area contributed by atoms with Crippen LogP contribution in [0, 0.1) is 11.7 Å². The van der Waals surface area contributed by atoms with Crippen molar-refractivity contribution in [3.8, 4) is 5.75 Å². The van der Waals surface area contributed by atoms with E-state index in [2.05, 4.69) is 10.1 Å². The van der Waals surface area contributed by atoms with Crippen LogP contribution in [0.2, 0.25) is 0 Å². The highest BCUT2D eigenvalue weighted by Crippen LogP contribution is 2.21. The van der Waals surface area contributed by atoms with Gasteiger partial charge in [0, 0.05) is 12.1 Å². The number of nitrogens with one attached hydrogen (secondary N) is 1. The van der Waals surface area contributed by atoms with Gasteiger partial charge in [0.1, 0.15) is 11.6 Å². The summed E-state index contributed by atoms with van der Waals surface area (Å²) in [6, 6.07) is 3.52. The summed E-state index contributed by atoms with van der Waals surface area (Å²) in [6.07, 6.45) is 0. The van der Waals surface area contributed by atoms with Gasteiger partial charge in [0.05, 0.1) is 0 Å². The maximum Gasteiger partial charge on any atom is 0.387 e. The van der Waals surface area contributed by atoms with Crippen LogP contribution >= 0.6 is 0 Å². The van der Waals surface area contributed by atoms with Gasteiger partial charge in [0.2, 0.25) is 0 Å². The second kappa shape index (κ2) is 6.49. The third-order valence-corrected chi connectivity index (χ3v) is 2.11. The van der Waals surface area contributed by atoms with E-state index in [1.807, 2.05) is 13.8 Å². The molecule has 0 spiro atoms. The van der Waals surface area contributed by atoms with Crippen molar-refractivity contribution in [2.45, 2.75) is 27.0 Å². The number of benzene rings is 1. The predicted molar refractivity (Wildman–Crippen MR) is 59.6 cm³/mol. The molecule has 0 unspecified atom stereocenters. The van der Waals surface area contributed by atoms with E-state index in [4.69, 9.17) is 0 Å². The molecule has 1 aromatic rings. The quantitative estimate of drug-likeness (QED) is 0.833. The minimum Gasteiger partial charge on any atom is -0.434 e. The third-order valence-electron chi connectivity index (χ3n) is 2.11. The molecule has 0 bridgehead atoms. The molecule has 0 saturated heterocycles. The number of ether oxygens (including phenoxy) is 1. The molecular weight excluding hydrogens is 231 g/mol. The van der Waals surface area contributed by atoms with Gasteiger partial charge in [-0.25, -0.2) is 4.39 Å². The molecule has 0 heterocycles. The van der Waals surface area contributed by atoms with Crippen LogP contribution < -0.4 is 10.1 Å². The Kier molecular flexibility index (Phi) is 5.28. The molecule has 1 rings (SSSR count). The van der Waals surface area contributed by atoms with Gasteiger partial charge in [0.15, 0.2) is 0 Å². The summed E-state index contributed by atoms with van der Waals surface area (Å²) in [7, 11) is 0. The SMILES string of the molecule is CC(C)CNCc1cc(F)ccc1OC(F)F. The summed E-state index contributed by atoms with van der Waals surface area (Å²) in [5.41, 5.74) is 0.394. The molecule has 96 valence electrons. The molecule has 0 radical (unpaired) electrons. The summed E-state index contributed by atoms with van der Waals surface area (Å²) < 4.78 is 41.5. The van der Waals surface area contributed by atoms with Crippen LogP contribution in [0.5, 0.6) is 5.75 Å². The monoisotopic (exact) mass is 247 g/mol. The van der Waals surface area contributed by atoms with Gasteiger partial charge in [-0.3, -0.25) is 0 Å². The Morgan fingerprint density at radius 3 is 2.59 bits per heavy atom. The van der Waals surface area contributed by atoms with Crippen LogP contribution in [0.15, 0.2) is 18.2 Å². The van der Waals surface area contributed by atoms with Crippen LogP contribution in [0.3, 0.4) is 0 Å². The topological polar surface area (TPSA) is 21.3 Å². The summed E-state index contributed by atoms with van der Waals surface area (Å²) >= 11 is 0. The van der Waals surface area contributed by atoms with Crippen LogP contribution in [-0.2, 0) is 6.54 Å². The molecular formula is C12H16F3NO. The fourth-order valence-corrected chi connectivity index (χ4v) is 1.39. The standard InChI is InChI=1S/C12H16F3NO/c1-8(2)6-16-7-9-5-10(13)3-4-11(9)17-12(14)15/h3-5,8,12,16H,6-7H2,1-2H3. The summed E-state index contributed by atoms with van der Waals surface area (Å²) in [5, 5.41) is 3.05. The smallest absolute Gasteiger partial charge is 0.387 e. The molecule has 0 aliphatic heterocycles. The second-order valence-electron chi connectivity index (χ2n) is 4.16. The average molecular weight is 247 g/mol. The van der Waals surface area contributed by atoms with Gasteiger partial charge in [-0.15, -0.1) is 0 Å². The Hall–Kier alpha value is -1.23. The number of rotatable bonds is 6. The van der Waals surface area contributed by atoms with E-state index < -0.39 is 12.4 Å². The molecule has 1 N–H and O–H groups in total. The summed E-state index contributed by atoms with van der Waals surface area (Å²) in [4.78, 5) is 0. The minimum atomic E-state index is -2.90. The van der Waals surface area contributed by atoms with Crippen molar-refractivity contribution in [1.29, 1.82) is 0 Å². The number of alkyl halides is 2. The Bertz CT molecular complexity index is 356. The molecule has 0 aliphatic rings. The number of halogens is 3. The van der Waals surface area contributed by atoms with Gasteiger partial charge in [-0.2, -0.15) is 8.78 Å². The van der Waals surface area contributed by atoms with Crippen LogP contribution in [-0.4, -0.2) is 13.2 Å². The van der Waals surface area contributed by atoms with Crippen molar-refractivity contribution in [1.82, 2.24) is 5.32 Å². The molecule has 0 fully saturated rings. The summed E-state index contributed by atoms with van der Waals surface area (Å²) in [6.45, 7) is 2.18. The lowest BCUT2D eigenvalue weighted by Crippen LogP contribution is -2.20. The largest absolute Gasteiger partial charge is 0.434 e. The number of hydrogen-bond donors (Lipinski definition) is 1. The maximum atomic E-state index is 13.0. The van der Waals surface area contributed by atoms with E-state index in [1.165, 1.54) is 12.1 Å². The highest BCUT2D eigenvalue weighted by molar-refractivity contribution is 5.33. The predicted octanol–water partition coefficient (Wildman–Crippen LogP) is 3.17. The lowest BCUT2D eigenvalue weighted by atomic mass is 10.1. The van der Waals surface area contributed by atoms with Gasteiger partial charge in [-0.1, -0.05) is 13.8 Å². The van der Waals surface area contributed by atoms with Gasteiger partial charge in [0.25, 0.3) is 0 Å². The zero-order valence-electron chi connectivity index (χ0n) is 9.84. The van der Waals surface area contributed by atoms with E-state index >= 15 is 0 Å². The molecule has 1 aromatic carbocycles. The Morgan fingerprint density at radius 1 is 1.29 bits per heavy atom. The highest BCUT2D eigenvalue weighted by Gasteiger charge is 2.10. The minimum absolute atomic E-state index is 0.0117. The molecule has 17 heavy (non-hydrogen) atoms. The van der Waals surface area contributed by atoms with E-state index in [0.29, 0.717) is 18.0 Å². The lowest BCUT2D eigenvalue weighted by molar-refractivity contribution is -0.0505. The van der Waals surface area contributed by atoms with Crippen molar-refractivity contribution in [3.63, 3.8) is 0 Å². The molecule has 0 atom stereocenters. The molecule has 0 aromatic heterocycles. The number of hydrogen-bond acceptors (Lipinski definition) is 2. The van der Waals surface area contributed by atoms with E-state index in [0.717, 1.165) is 12.6 Å². The Labute approximate surface area is 98.8 Å². The van der Waals surface area contributed by atoms with Gasteiger partial charge in [-0.05, 0) is 30.7 Å². The first kappa shape index (κ1) is 13.8. The third kappa shape index (κ3) is 5.08. The first-order valence-electron chi connectivity index (χ1n) is 5.43. The lowest BCUT2D eigenvalue weighted by Gasteiger charge is -2.12. The van der Waals surface area contributed by atoms with Crippen molar-refractivity contribution < 1.29 is 17.9 Å². The van der Waals surface area contributed by atoms with E-state index in [-0.39, 0.29) is 5.75 Å². The molecule has 0 aliphatic carbocycles. The van der Waals surface area contributed by atoms with Gasteiger partial charge < -0.3 is 10.1 Å². The van der Waals surface area contributed by atoms with Crippen LogP contribution in [0.25, 0.3) is 0 Å². The fraction of sp³-hybridized carbons (Fsp3) is 0.500. The first-order chi connectivity index (χ1) is 7.99. The molecule has 5 heteroatoms. The molecule has 0 amide bonds. The van der Waals surface area contributed by atoms with E-state index in [1.54, 1.807) is 0 Å². The van der Waals surface area contributed by atoms with Gasteiger partial charge >= 0.3 is 6.61 Å². The Balaban J connectivity index is 2.69. The van der Waals surface area contributed by atoms with Crippen molar-refractivity contribution in [2.24, 2.45) is 5.92 Å². The fourth-order valence-electron chi connectivity index (χ4n) is 1.39. The first-order valence-corrected chi connectivity index (χ1v) is 5.43. The average Bonchev–Trinajstić information content (AvgIpc) is 2.21. The van der Waals surface area contributed by atoms with Crippen LogP contribution in [0.1, 0.15) is 19.4 Å². The highest BCUT2D eigenvalue weighted by atomic mass is 19.3. The summed E-state index contributed by atoms with van der Waals surface area (Å²) in [5.74, 6) is -0.0198. The normalized spacial score (nSPS) is 11.2. The van der Waals surface area contributed by atoms with Crippen molar-refractivity contribution >= 4 is 0 Å². The zero-order chi connectivity index (χ0) is 12.8. The zero-order valence-corrected chi connectivity index (χ0v) is 9.84. The maximum absolute atomic E-state index is 13.0. The van der Waals surface area contributed by atoms with Crippen molar-refractivity contribution in [3.05, 3.63) is 29.6 Å². The molecule has 0 saturated carbocycles. The van der Waals surface area contributed by atoms with Crippen LogP contribution in [0.4, 0.5) is 13.2 Å².